The number of amides is 2. The van der Waals surface area contributed by atoms with Gasteiger partial charge in [-0.2, -0.15) is 0 Å². The van der Waals surface area contributed by atoms with Crippen LogP contribution in [0.1, 0.15) is 39.6 Å². The Labute approximate surface area is 175 Å². The molecular formula is C25H22N2O3. The predicted octanol–water partition coefficient (Wildman–Crippen LogP) is 4.52. The SMILES string of the molecule is C[C@@H](O)C/C=C/c1cccc(N)c1-c1cccc(N2C(=O)c3ccccc3C2=O)c1. The number of fused-ring (bicyclic) bond motifs is 1. The van der Waals surface area contributed by atoms with Gasteiger partial charge in [0.25, 0.3) is 11.8 Å². The largest absolute Gasteiger partial charge is 0.398 e. The number of benzene rings is 3. The fourth-order valence-corrected chi connectivity index (χ4v) is 3.68. The molecule has 5 heteroatoms. The van der Waals surface area contributed by atoms with Crippen LogP contribution in [0.2, 0.25) is 0 Å². The van der Waals surface area contributed by atoms with Crippen molar-refractivity contribution < 1.29 is 14.7 Å². The monoisotopic (exact) mass is 398 g/mol. The van der Waals surface area contributed by atoms with Crippen LogP contribution >= 0.6 is 0 Å². The van der Waals surface area contributed by atoms with Gasteiger partial charge in [-0.05, 0) is 54.8 Å². The van der Waals surface area contributed by atoms with Crippen molar-refractivity contribution >= 4 is 29.3 Å². The molecule has 0 radical (unpaired) electrons. The van der Waals surface area contributed by atoms with Gasteiger partial charge in [0.05, 0.1) is 22.9 Å². The average Bonchev–Trinajstić information content (AvgIpc) is 2.99. The Balaban J connectivity index is 1.75. The first-order chi connectivity index (χ1) is 14.5. The third-order valence-electron chi connectivity index (χ3n) is 5.09. The molecule has 3 aromatic rings. The van der Waals surface area contributed by atoms with Gasteiger partial charge >= 0.3 is 0 Å². The molecule has 150 valence electrons. The molecule has 3 aromatic carbocycles. The van der Waals surface area contributed by atoms with E-state index in [4.69, 9.17) is 5.73 Å². The molecule has 0 saturated carbocycles. The van der Waals surface area contributed by atoms with Crippen LogP contribution in [0.4, 0.5) is 11.4 Å². The summed E-state index contributed by atoms with van der Waals surface area (Å²) in [6, 6.07) is 19.7. The van der Waals surface area contributed by atoms with Crippen LogP contribution < -0.4 is 10.6 Å². The Morgan fingerprint density at radius 3 is 2.30 bits per heavy atom. The number of aliphatic hydroxyl groups is 1. The Morgan fingerprint density at radius 2 is 1.63 bits per heavy atom. The molecule has 1 atom stereocenters. The first-order valence-electron chi connectivity index (χ1n) is 9.78. The third kappa shape index (κ3) is 3.51. The summed E-state index contributed by atoms with van der Waals surface area (Å²) >= 11 is 0. The van der Waals surface area contributed by atoms with E-state index < -0.39 is 6.10 Å². The maximum atomic E-state index is 12.8. The van der Waals surface area contributed by atoms with Crippen molar-refractivity contribution in [2.45, 2.75) is 19.4 Å². The van der Waals surface area contributed by atoms with E-state index in [2.05, 4.69) is 0 Å². The van der Waals surface area contributed by atoms with E-state index in [9.17, 15) is 14.7 Å². The van der Waals surface area contributed by atoms with Crippen molar-refractivity contribution in [2.24, 2.45) is 0 Å². The quantitative estimate of drug-likeness (QED) is 0.489. The molecule has 0 fully saturated rings. The summed E-state index contributed by atoms with van der Waals surface area (Å²) < 4.78 is 0. The summed E-state index contributed by atoms with van der Waals surface area (Å²) in [4.78, 5) is 26.9. The van der Waals surface area contributed by atoms with Crippen molar-refractivity contribution in [3.63, 3.8) is 0 Å². The van der Waals surface area contributed by atoms with Crippen LogP contribution in [0.5, 0.6) is 0 Å². The number of hydrogen-bond acceptors (Lipinski definition) is 4. The van der Waals surface area contributed by atoms with E-state index in [1.54, 1.807) is 43.3 Å². The molecule has 0 bridgehead atoms. The highest BCUT2D eigenvalue weighted by molar-refractivity contribution is 6.34. The van der Waals surface area contributed by atoms with Crippen LogP contribution in [0.25, 0.3) is 17.2 Å². The first kappa shape index (κ1) is 19.6. The summed E-state index contributed by atoms with van der Waals surface area (Å²) in [5, 5.41) is 9.51. The molecule has 2 amide bonds. The minimum atomic E-state index is -0.428. The zero-order valence-corrected chi connectivity index (χ0v) is 16.6. The van der Waals surface area contributed by atoms with Crippen molar-refractivity contribution in [2.75, 3.05) is 10.6 Å². The lowest BCUT2D eigenvalue weighted by molar-refractivity contribution is 0.0926. The fourth-order valence-electron chi connectivity index (χ4n) is 3.68. The molecular weight excluding hydrogens is 376 g/mol. The molecule has 0 aromatic heterocycles. The van der Waals surface area contributed by atoms with E-state index >= 15 is 0 Å². The van der Waals surface area contributed by atoms with Gasteiger partial charge < -0.3 is 10.8 Å². The summed E-state index contributed by atoms with van der Waals surface area (Å²) in [5.41, 5.74) is 10.7. The molecule has 4 rings (SSSR count). The normalized spacial score (nSPS) is 14.4. The highest BCUT2D eigenvalue weighted by atomic mass is 16.3. The number of anilines is 2. The van der Waals surface area contributed by atoms with Gasteiger partial charge in [0.15, 0.2) is 0 Å². The summed E-state index contributed by atoms with van der Waals surface area (Å²) in [7, 11) is 0. The first-order valence-corrected chi connectivity index (χ1v) is 9.78. The second-order valence-corrected chi connectivity index (χ2v) is 7.34. The minimum Gasteiger partial charge on any atom is -0.398 e. The molecule has 0 aliphatic carbocycles. The summed E-state index contributed by atoms with van der Waals surface area (Å²) in [6.45, 7) is 1.73. The van der Waals surface area contributed by atoms with E-state index in [-0.39, 0.29) is 11.8 Å². The molecule has 0 unspecified atom stereocenters. The molecule has 3 N–H and O–H groups in total. The topological polar surface area (TPSA) is 83.6 Å². The van der Waals surface area contributed by atoms with Crippen LogP contribution in [0, 0.1) is 0 Å². The smallest absolute Gasteiger partial charge is 0.266 e. The second-order valence-electron chi connectivity index (χ2n) is 7.34. The van der Waals surface area contributed by atoms with Crippen molar-refractivity contribution in [3.8, 4) is 11.1 Å². The zero-order chi connectivity index (χ0) is 21.3. The summed E-state index contributed by atoms with van der Waals surface area (Å²) in [6.07, 6.45) is 3.93. The van der Waals surface area contributed by atoms with Gasteiger partial charge in [0.2, 0.25) is 0 Å². The lowest BCUT2D eigenvalue weighted by Crippen LogP contribution is -2.29. The number of hydrogen-bond donors (Lipinski definition) is 2. The van der Waals surface area contributed by atoms with Gasteiger partial charge in [-0.15, -0.1) is 0 Å². The molecule has 0 spiro atoms. The number of nitrogen functional groups attached to an aromatic ring is 1. The molecule has 5 nitrogen and oxygen atoms in total. The van der Waals surface area contributed by atoms with Crippen molar-refractivity contribution in [1.82, 2.24) is 0 Å². The second kappa shape index (κ2) is 7.97. The summed E-state index contributed by atoms with van der Waals surface area (Å²) in [5.74, 6) is -0.656. The van der Waals surface area contributed by atoms with E-state index in [0.717, 1.165) is 16.7 Å². The lowest BCUT2D eigenvalue weighted by Gasteiger charge is -2.17. The average molecular weight is 398 g/mol. The molecule has 1 heterocycles. The number of carbonyl (C=O) groups is 2. The van der Waals surface area contributed by atoms with E-state index in [0.29, 0.717) is 28.9 Å². The number of imide groups is 1. The van der Waals surface area contributed by atoms with Crippen molar-refractivity contribution in [3.05, 3.63) is 89.5 Å². The van der Waals surface area contributed by atoms with Crippen LogP contribution in [0.15, 0.2) is 72.8 Å². The van der Waals surface area contributed by atoms with Crippen molar-refractivity contribution in [1.29, 1.82) is 0 Å². The lowest BCUT2D eigenvalue weighted by atomic mass is 9.96. The van der Waals surface area contributed by atoms with Crippen LogP contribution in [-0.4, -0.2) is 23.0 Å². The van der Waals surface area contributed by atoms with Gasteiger partial charge in [-0.25, -0.2) is 4.90 Å². The van der Waals surface area contributed by atoms with Gasteiger partial charge in [-0.1, -0.05) is 48.6 Å². The minimum absolute atomic E-state index is 0.328. The number of nitrogens with two attached hydrogens (primary N) is 1. The predicted molar refractivity (Wildman–Crippen MR) is 119 cm³/mol. The molecule has 0 saturated heterocycles. The van der Waals surface area contributed by atoms with E-state index in [1.165, 1.54) is 4.90 Å². The Hall–Kier alpha value is -3.70. The van der Waals surface area contributed by atoms with Gasteiger partial charge in [-0.3, -0.25) is 9.59 Å². The third-order valence-corrected chi connectivity index (χ3v) is 5.09. The number of carbonyl (C=O) groups excluding carboxylic acids is 2. The fraction of sp³-hybridized carbons (Fsp3) is 0.120. The molecule has 30 heavy (non-hydrogen) atoms. The molecule has 1 aliphatic rings. The van der Waals surface area contributed by atoms with E-state index in [1.807, 2.05) is 42.5 Å². The number of aliphatic hydroxyl groups excluding tert-OH is 1. The highest BCUT2D eigenvalue weighted by Gasteiger charge is 2.36. The molecule has 1 aliphatic heterocycles. The Morgan fingerprint density at radius 1 is 0.967 bits per heavy atom. The number of nitrogens with zero attached hydrogens (tertiary/aromatic N) is 1. The Kier molecular flexibility index (Phi) is 5.21. The van der Waals surface area contributed by atoms with Gasteiger partial charge in [0.1, 0.15) is 0 Å². The highest BCUT2D eigenvalue weighted by Crippen LogP contribution is 2.35. The maximum Gasteiger partial charge on any atom is 0.266 e. The zero-order valence-electron chi connectivity index (χ0n) is 16.6. The number of rotatable bonds is 5. The standard InChI is InChI=1S/C25H22N2O3/c1-16(28)7-4-8-17-9-6-14-22(26)23(17)18-10-5-11-19(15-18)27-24(29)20-12-2-3-13-21(20)25(27)30/h2-6,8-16,28H,7,26H2,1H3/b8-4+/t16-/m1/s1. The Bertz CT molecular complexity index is 1130. The van der Waals surface area contributed by atoms with Crippen LogP contribution in [-0.2, 0) is 0 Å². The van der Waals surface area contributed by atoms with Gasteiger partial charge in [0, 0.05) is 11.3 Å². The maximum absolute atomic E-state index is 12.8. The van der Waals surface area contributed by atoms with Crippen LogP contribution in [0.3, 0.4) is 0 Å².